The van der Waals surface area contributed by atoms with Crippen molar-refractivity contribution in [2.75, 3.05) is 39.4 Å². The number of morpholine rings is 1. The van der Waals surface area contributed by atoms with Gasteiger partial charge in [-0.2, -0.15) is 0 Å². The van der Waals surface area contributed by atoms with E-state index in [0.29, 0.717) is 39.1 Å². The molecule has 25 heavy (non-hydrogen) atoms. The van der Waals surface area contributed by atoms with Crippen molar-refractivity contribution in [1.29, 1.82) is 0 Å². The van der Waals surface area contributed by atoms with E-state index in [1.165, 1.54) is 0 Å². The lowest BCUT2D eigenvalue weighted by Gasteiger charge is -2.33. The second kappa shape index (κ2) is 7.11. The number of carbonyl (C=O) groups excluding carboxylic acids is 1. The minimum atomic E-state index is -0.478. The van der Waals surface area contributed by atoms with Gasteiger partial charge in [-0.05, 0) is 12.1 Å². The molecule has 0 bridgehead atoms. The van der Waals surface area contributed by atoms with E-state index < -0.39 is 6.10 Å². The fourth-order valence-corrected chi connectivity index (χ4v) is 3.75. The highest BCUT2D eigenvalue weighted by atomic mass is 16.5. The van der Waals surface area contributed by atoms with Crippen LogP contribution in [0, 0.1) is 0 Å². The number of nitrogens with zero attached hydrogens (tertiary/aromatic N) is 3. The molecule has 3 heterocycles. The zero-order valence-electron chi connectivity index (χ0n) is 14.2. The summed E-state index contributed by atoms with van der Waals surface area (Å²) in [5, 5.41) is 10.3. The lowest BCUT2D eigenvalue weighted by Crippen LogP contribution is -2.49. The average molecular weight is 344 g/mol. The van der Waals surface area contributed by atoms with E-state index in [0.717, 1.165) is 29.9 Å². The van der Waals surface area contributed by atoms with Gasteiger partial charge in [0.1, 0.15) is 5.82 Å². The van der Waals surface area contributed by atoms with E-state index >= 15 is 0 Å². The lowest BCUT2D eigenvalue weighted by molar-refractivity contribution is -0.130. The Balaban J connectivity index is 1.33. The molecule has 0 spiro atoms. The fraction of sp³-hybridized carbons (Fsp3) is 0.556. The molecule has 2 aliphatic rings. The second-order valence-corrected chi connectivity index (χ2v) is 6.78. The largest absolute Gasteiger partial charge is 0.390 e. The van der Waals surface area contributed by atoms with Crippen molar-refractivity contribution in [1.82, 2.24) is 19.8 Å². The third-order valence-corrected chi connectivity index (χ3v) is 5.14. The number of likely N-dealkylation sites (tertiary alicyclic amines) is 1. The summed E-state index contributed by atoms with van der Waals surface area (Å²) in [4.78, 5) is 24.3. The number of H-pyrrole nitrogens is 1. The Morgan fingerprint density at radius 1 is 1.28 bits per heavy atom. The van der Waals surface area contributed by atoms with Crippen molar-refractivity contribution in [2.24, 2.45) is 0 Å². The number of aromatic amines is 1. The van der Waals surface area contributed by atoms with Gasteiger partial charge in [-0.3, -0.25) is 9.69 Å². The lowest BCUT2D eigenvalue weighted by atomic mass is 10.1. The molecule has 4 rings (SSSR count). The van der Waals surface area contributed by atoms with Crippen LogP contribution in [-0.2, 0) is 16.0 Å². The number of aliphatic hydroxyl groups is 1. The van der Waals surface area contributed by atoms with Crippen LogP contribution in [0.15, 0.2) is 24.3 Å². The standard InChI is InChI=1S/C18H24N4O3/c23-16-12-22(11-15(16)21-7-9-25-10-8-21)18(24)6-5-17-19-13-3-1-2-4-14(13)20-17/h1-4,15-16,23H,5-12H2,(H,19,20)/t15-,16-/m0/s1. The fourth-order valence-electron chi connectivity index (χ4n) is 3.75. The van der Waals surface area contributed by atoms with Crippen molar-refractivity contribution >= 4 is 16.9 Å². The van der Waals surface area contributed by atoms with Crippen LogP contribution in [0.4, 0.5) is 0 Å². The third-order valence-electron chi connectivity index (χ3n) is 5.14. The predicted octanol–water partition coefficient (Wildman–Crippen LogP) is 0.399. The summed E-state index contributed by atoms with van der Waals surface area (Å²) in [7, 11) is 0. The van der Waals surface area contributed by atoms with E-state index in [1.807, 2.05) is 24.3 Å². The van der Waals surface area contributed by atoms with Crippen molar-refractivity contribution in [2.45, 2.75) is 25.0 Å². The highest BCUT2D eigenvalue weighted by molar-refractivity contribution is 5.77. The Morgan fingerprint density at radius 2 is 2.08 bits per heavy atom. The average Bonchev–Trinajstić information content (AvgIpc) is 3.23. The van der Waals surface area contributed by atoms with Crippen LogP contribution in [0.1, 0.15) is 12.2 Å². The summed E-state index contributed by atoms with van der Waals surface area (Å²) in [6.45, 7) is 4.05. The molecule has 0 aliphatic carbocycles. The van der Waals surface area contributed by atoms with E-state index in [1.54, 1.807) is 4.90 Å². The summed E-state index contributed by atoms with van der Waals surface area (Å²) in [6, 6.07) is 7.89. The molecule has 1 aromatic heterocycles. The topological polar surface area (TPSA) is 81.7 Å². The molecule has 0 unspecified atom stereocenters. The smallest absolute Gasteiger partial charge is 0.223 e. The Bertz CT molecular complexity index is 708. The van der Waals surface area contributed by atoms with Crippen molar-refractivity contribution in [3.05, 3.63) is 30.1 Å². The summed E-state index contributed by atoms with van der Waals surface area (Å²) in [6.07, 6.45) is 0.512. The minimum Gasteiger partial charge on any atom is -0.390 e. The number of amides is 1. The van der Waals surface area contributed by atoms with Crippen molar-refractivity contribution in [3.63, 3.8) is 0 Å². The number of β-amino-alcohol motifs (C(OH)–C–C–N with tert-alkyl or cyclic N) is 1. The molecular weight excluding hydrogens is 320 g/mol. The van der Waals surface area contributed by atoms with Crippen molar-refractivity contribution in [3.8, 4) is 0 Å². The predicted molar refractivity (Wildman–Crippen MR) is 93.2 cm³/mol. The number of carbonyl (C=O) groups is 1. The van der Waals surface area contributed by atoms with Gasteiger partial charge >= 0.3 is 0 Å². The zero-order valence-corrected chi connectivity index (χ0v) is 14.2. The van der Waals surface area contributed by atoms with Crippen LogP contribution >= 0.6 is 0 Å². The number of hydrogen-bond donors (Lipinski definition) is 2. The van der Waals surface area contributed by atoms with Crippen LogP contribution in [0.2, 0.25) is 0 Å². The quantitative estimate of drug-likeness (QED) is 0.839. The van der Waals surface area contributed by atoms with Gasteiger partial charge in [-0.15, -0.1) is 0 Å². The van der Waals surface area contributed by atoms with Gasteiger partial charge in [0.2, 0.25) is 5.91 Å². The van der Waals surface area contributed by atoms with Gasteiger partial charge < -0.3 is 19.7 Å². The molecule has 2 saturated heterocycles. The highest BCUT2D eigenvalue weighted by Crippen LogP contribution is 2.19. The molecule has 2 fully saturated rings. The van der Waals surface area contributed by atoms with Gasteiger partial charge in [0.25, 0.3) is 0 Å². The number of benzene rings is 1. The molecule has 2 aliphatic heterocycles. The van der Waals surface area contributed by atoms with Gasteiger partial charge in [0.15, 0.2) is 0 Å². The molecule has 2 aromatic rings. The third kappa shape index (κ3) is 3.53. The zero-order chi connectivity index (χ0) is 17.2. The van der Waals surface area contributed by atoms with Gasteiger partial charge in [0, 0.05) is 39.0 Å². The molecule has 1 amide bonds. The van der Waals surface area contributed by atoms with Gasteiger partial charge in [0.05, 0.1) is 36.4 Å². The first kappa shape index (κ1) is 16.5. The summed E-state index contributed by atoms with van der Waals surface area (Å²) in [5.41, 5.74) is 1.92. The monoisotopic (exact) mass is 344 g/mol. The van der Waals surface area contributed by atoms with E-state index in [-0.39, 0.29) is 11.9 Å². The number of rotatable bonds is 4. The number of ether oxygens (including phenoxy) is 1. The van der Waals surface area contributed by atoms with Crippen LogP contribution in [0.5, 0.6) is 0 Å². The molecule has 0 saturated carbocycles. The Labute approximate surface area is 146 Å². The van der Waals surface area contributed by atoms with Gasteiger partial charge in [-0.25, -0.2) is 4.98 Å². The summed E-state index contributed by atoms with van der Waals surface area (Å²) in [5.74, 6) is 0.911. The first-order valence-corrected chi connectivity index (χ1v) is 8.92. The number of fused-ring (bicyclic) bond motifs is 1. The maximum atomic E-state index is 12.5. The maximum Gasteiger partial charge on any atom is 0.223 e. The SMILES string of the molecule is O=C(CCc1nc2ccccc2[nH]1)N1C[C@H](O)[C@@H](N2CCOCC2)C1. The number of aliphatic hydroxyl groups excluding tert-OH is 1. The van der Waals surface area contributed by atoms with E-state index in [4.69, 9.17) is 4.74 Å². The van der Waals surface area contributed by atoms with Crippen LogP contribution in [0.25, 0.3) is 11.0 Å². The van der Waals surface area contributed by atoms with Crippen LogP contribution in [-0.4, -0.2) is 82.3 Å². The first-order chi connectivity index (χ1) is 12.2. The maximum absolute atomic E-state index is 12.5. The Morgan fingerprint density at radius 3 is 2.88 bits per heavy atom. The molecule has 2 atom stereocenters. The summed E-state index contributed by atoms with van der Waals surface area (Å²) >= 11 is 0. The van der Waals surface area contributed by atoms with Crippen LogP contribution < -0.4 is 0 Å². The molecular formula is C18H24N4O3. The van der Waals surface area contributed by atoms with E-state index in [9.17, 15) is 9.90 Å². The van der Waals surface area contributed by atoms with Crippen molar-refractivity contribution < 1.29 is 14.6 Å². The number of aromatic nitrogens is 2. The van der Waals surface area contributed by atoms with E-state index in [2.05, 4.69) is 14.9 Å². The van der Waals surface area contributed by atoms with Gasteiger partial charge in [-0.1, -0.05) is 12.1 Å². The number of nitrogens with one attached hydrogen (secondary N) is 1. The normalized spacial score (nSPS) is 24.9. The van der Waals surface area contributed by atoms with Crippen LogP contribution in [0.3, 0.4) is 0 Å². The molecule has 1 aromatic carbocycles. The molecule has 2 N–H and O–H groups in total. The minimum absolute atomic E-state index is 0.0269. The highest BCUT2D eigenvalue weighted by Gasteiger charge is 2.37. The number of imidazole rings is 1. The summed E-state index contributed by atoms with van der Waals surface area (Å²) < 4.78 is 5.37. The first-order valence-electron chi connectivity index (χ1n) is 8.92. The molecule has 0 radical (unpaired) electrons. The number of aryl methyl sites for hydroxylation is 1. The second-order valence-electron chi connectivity index (χ2n) is 6.78. The molecule has 134 valence electrons. The molecule has 7 heteroatoms. The molecule has 7 nitrogen and oxygen atoms in total. The Kier molecular flexibility index (Phi) is 4.70. The number of para-hydroxylation sites is 2. The Hall–Kier alpha value is -1.96. The number of hydrogen-bond acceptors (Lipinski definition) is 5.